The highest BCUT2D eigenvalue weighted by atomic mass is 32.1. The van der Waals surface area contributed by atoms with Crippen molar-refractivity contribution < 1.29 is 4.79 Å². The van der Waals surface area contributed by atoms with Crippen LogP contribution in [-0.4, -0.2) is 27.9 Å². The fourth-order valence-corrected chi connectivity index (χ4v) is 2.22. The Hall–Kier alpha value is -1.17. The van der Waals surface area contributed by atoms with Gasteiger partial charge < -0.3 is 10.6 Å². The maximum absolute atomic E-state index is 11.5. The number of hydrogen-bond acceptors (Lipinski definition) is 5. The van der Waals surface area contributed by atoms with Gasteiger partial charge in [-0.15, -0.1) is 0 Å². The van der Waals surface area contributed by atoms with Crippen molar-refractivity contribution in [3.63, 3.8) is 0 Å². The first-order valence-electron chi connectivity index (χ1n) is 5.16. The average molecular weight is 226 g/mol. The third-order valence-electron chi connectivity index (χ3n) is 2.37. The summed E-state index contributed by atoms with van der Waals surface area (Å²) in [6.45, 7) is 2.80. The normalized spacial score (nSPS) is 21.1. The van der Waals surface area contributed by atoms with Gasteiger partial charge in [-0.3, -0.25) is 4.79 Å². The van der Waals surface area contributed by atoms with E-state index in [0.29, 0.717) is 0 Å². The topological polar surface area (TPSA) is 66.9 Å². The summed E-state index contributed by atoms with van der Waals surface area (Å²) in [5.41, 5.74) is 0. The summed E-state index contributed by atoms with van der Waals surface area (Å²) in [5, 5.41) is 6.69. The molecule has 0 aromatic carbocycles. The zero-order chi connectivity index (χ0) is 10.7. The minimum Gasteiger partial charge on any atom is -0.354 e. The zero-order valence-corrected chi connectivity index (χ0v) is 9.43. The highest BCUT2D eigenvalue weighted by molar-refractivity contribution is 7.09. The van der Waals surface area contributed by atoms with Crippen LogP contribution in [0.1, 0.15) is 25.6 Å². The van der Waals surface area contributed by atoms with Gasteiger partial charge in [-0.25, -0.2) is 4.98 Å². The lowest BCUT2D eigenvalue weighted by Gasteiger charge is -2.21. The summed E-state index contributed by atoms with van der Waals surface area (Å²) in [5.74, 6) is 0.896. The van der Waals surface area contributed by atoms with E-state index in [1.165, 1.54) is 11.5 Å². The van der Waals surface area contributed by atoms with Gasteiger partial charge in [-0.2, -0.15) is 4.37 Å². The smallest absolute Gasteiger partial charge is 0.242 e. The molecule has 1 atom stereocenters. The van der Waals surface area contributed by atoms with E-state index in [1.54, 1.807) is 0 Å². The molecule has 0 spiro atoms. The molecule has 2 rings (SSSR count). The van der Waals surface area contributed by atoms with E-state index in [2.05, 4.69) is 20.0 Å². The molecule has 1 unspecified atom stereocenters. The van der Waals surface area contributed by atoms with Gasteiger partial charge in [-0.1, -0.05) is 6.92 Å². The lowest BCUT2D eigenvalue weighted by molar-refractivity contribution is -0.123. The third kappa shape index (κ3) is 2.44. The molecule has 1 amide bonds. The van der Waals surface area contributed by atoms with E-state index in [4.69, 9.17) is 0 Å². The minimum absolute atomic E-state index is 0.0644. The highest BCUT2D eigenvalue weighted by Crippen LogP contribution is 2.15. The van der Waals surface area contributed by atoms with Crippen molar-refractivity contribution in [2.75, 3.05) is 11.9 Å². The Labute approximate surface area is 92.5 Å². The van der Waals surface area contributed by atoms with E-state index in [-0.39, 0.29) is 11.9 Å². The molecule has 2 N–H and O–H groups in total. The number of anilines is 1. The van der Waals surface area contributed by atoms with Crippen molar-refractivity contribution >= 4 is 22.6 Å². The first-order valence-corrected chi connectivity index (χ1v) is 5.93. The van der Waals surface area contributed by atoms with Crippen molar-refractivity contribution in [2.45, 2.75) is 32.2 Å². The fraction of sp³-hybridized carbons (Fsp3) is 0.667. The number of hydrogen-bond donors (Lipinski definition) is 2. The van der Waals surface area contributed by atoms with Crippen molar-refractivity contribution in [1.29, 1.82) is 0 Å². The molecule has 1 saturated heterocycles. The number of piperidine rings is 1. The molecule has 0 aliphatic carbocycles. The van der Waals surface area contributed by atoms with Gasteiger partial charge in [0.05, 0.1) is 0 Å². The van der Waals surface area contributed by atoms with Crippen LogP contribution in [0.4, 0.5) is 5.13 Å². The van der Waals surface area contributed by atoms with Crippen LogP contribution < -0.4 is 10.6 Å². The van der Waals surface area contributed by atoms with Gasteiger partial charge in [0.2, 0.25) is 11.0 Å². The summed E-state index contributed by atoms with van der Waals surface area (Å²) in [6, 6.07) is -0.142. The van der Waals surface area contributed by atoms with E-state index in [0.717, 1.165) is 36.8 Å². The largest absolute Gasteiger partial charge is 0.354 e. The van der Waals surface area contributed by atoms with Crippen LogP contribution in [0.5, 0.6) is 0 Å². The predicted molar refractivity (Wildman–Crippen MR) is 58.9 cm³/mol. The Morgan fingerprint density at radius 2 is 2.53 bits per heavy atom. The number of aryl methyl sites for hydroxylation is 1. The standard InChI is InChI=1S/C9H14N4OS/c1-2-7-12-9(15-13-7)11-6-4-3-5-10-8(6)14/h6H,2-5H2,1H3,(H,10,14)(H,11,12,13). The molecular weight excluding hydrogens is 212 g/mol. The molecule has 0 radical (unpaired) electrons. The van der Waals surface area contributed by atoms with Crippen molar-refractivity contribution in [3.05, 3.63) is 5.82 Å². The Morgan fingerprint density at radius 3 is 3.20 bits per heavy atom. The van der Waals surface area contributed by atoms with Gasteiger partial charge in [0.1, 0.15) is 11.9 Å². The molecule has 15 heavy (non-hydrogen) atoms. The zero-order valence-electron chi connectivity index (χ0n) is 8.62. The lowest BCUT2D eigenvalue weighted by Crippen LogP contribution is -2.44. The number of carbonyl (C=O) groups is 1. The first kappa shape index (κ1) is 10.4. The second-order valence-corrected chi connectivity index (χ2v) is 4.25. The van der Waals surface area contributed by atoms with E-state index < -0.39 is 0 Å². The van der Waals surface area contributed by atoms with Crippen LogP contribution in [0, 0.1) is 0 Å². The van der Waals surface area contributed by atoms with Crippen LogP contribution in [0.15, 0.2) is 0 Å². The molecule has 1 aromatic rings. The monoisotopic (exact) mass is 226 g/mol. The molecular formula is C9H14N4OS. The molecule has 0 saturated carbocycles. The molecule has 2 heterocycles. The minimum atomic E-state index is -0.142. The summed E-state index contributed by atoms with van der Waals surface area (Å²) in [4.78, 5) is 15.7. The Kier molecular flexibility index (Phi) is 3.15. The maximum Gasteiger partial charge on any atom is 0.242 e. The SMILES string of the molecule is CCc1nsc(NC2CCCNC2=O)n1. The summed E-state index contributed by atoms with van der Waals surface area (Å²) in [6.07, 6.45) is 2.71. The van der Waals surface area contributed by atoms with Crippen molar-refractivity contribution in [2.24, 2.45) is 0 Å². The molecule has 1 aliphatic rings. The molecule has 0 bridgehead atoms. The van der Waals surface area contributed by atoms with E-state index in [9.17, 15) is 4.79 Å². The van der Waals surface area contributed by atoms with E-state index >= 15 is 0 Å². The quantitative estimate of drug-likeness (QED) is 0.799. The second-order valence-electron chi connectivity index (χ2n) is 3.50. The first-order chi connectivity index (χ1) is 7.29. The molecule has 82 valence electrons. The van der Waals surface area contributed by atoms with E-state index in [1.807, 2.05) is 6.92 Å². The number of aromatic nitrogens is 2. The van der Waals surface area contributed by atoms with Crippen LogP contribution in [0.3, 0.4) is 0 Å². The van der Waals surface area contributed by atoms with Gasteiger partial charge in [0.15, 0.2) is 0 Å². The van der Waals surface area contributed by atoms with Gasteiger partial charge in [-0.05, 0) is 12.8 Å². The third-order valence-corrected chi connectivity index (χ3v) is 3.05. The molecule has 1 aliphatic heterocycles. The molecule has 1 aromatic heterocycles. The van der Waals surface area contributed by atoms with Crippen LogP contribution in [-0.2, 0) is 11.2 Å². The highest BCUT2D eigenvalue weighted by Gasteiger charge is 2.22. The van der Waals surface area contributed by atoms with Crippen LogP contribution >= 0.6 is 11.5 Å². The number of nitrogens with one attached hydrogen (secondary N) is 2. The van der Waals surface area contributed by atoms with Crippen LogP contribution in [0.25, 0.3) is 0 Å². The summed E-state index contributed by atoms with van der Waals surface area (Å²) in [7, 11) is 0. The number of carbonyl (C=O) groups excluding carboxylic acids is 1. The van der Waals surface area contributed by atoms with Crippen LogP contribution in [0.2, 0.25) is 0 Å². The van der Waals surface area contributed by atoms with Crippen molar-refractivity contribution in [3.8, 4) is 0 Å². The molecule has 6 heteroatoms. The maximum atomic E-state index is 11.5. The number of rotatable bonds is 3. The Morgan fingerprint density at radius 1 is 1.67 bits per heavy atom. The summed E-state index contributed by atoms with van der Waals surface area (Å²) >= 11 is 1.32. The van der Waals surface area contributed by atoms with Gasteiger partial charge >= 0.3 is 0 Å². The molecule has 5 nitrogen and oxygen atoms in total. The van der Waals surface area contributed by atoms with Gasteiger partial charge in [0, 0.05) is 24.5 Å². The Balaban J connectivity index is 1.98. The molecule has 1 fully saturated rings. The Bertz CT molecular complexity index is 352. The number of nitrogens with zero attached hydrogens (tertiary/aromatic N) is 2. The lowest BCUT2D eigenvalue weighted by atomic mass is 10.1. The second kappa shape index (κ2) is 4.57. The fourth-order valence-electron chi connectivity index (χ4n) is 1.52. The van der Waals surface area contributed by atoms with Crippen molar-refractivity contribution in [1.82, 2.24) is 14.7 Å². The average Bonchev–Trinajstić information content (AvgIpc) is 2.69. The number of amides is 1. The van der Waals surface area contributed by atoms with Gasteiger partial charge in [0.25, 0.3) is 0 Å². The predicted octanol–water partition coefficient (Wildman–Crippen LogP) is 0.791. The summed E-state index contributed by atoms with van der Waals surface area (Å²) < 4.78 is 4.16.